The molecule has 5 N–H and O–H groups in total. The molecule has 0 aliphatic heterocycles. The summed E-state index contributed by atoms with van der Waals surface area (Å²) in [6, 6.07) is 3.78. The first-order chi connectivity index (χ1) is 11.4. The van der Waals surface area contributed by atoms with Gasteiger partial charge in [0.1, 0.15) is 0 Å². The number of hydrogen-bond acceptors (Lipinski definition) is 7. The van der Waals surface area contributed by atoms with Crippen LogP contribution in [0.2, 0.25) is 0 Å². The number of benzene rings is 1. The Morgan fingerprint density at radius 3 is 2.04 bits per heavy atom. The summed E-state index contributed by atoms with van der Waals surface area (Å²) in [6.07, 6.45) is -1.66. The van der Waals surface area contributed by atoms with E-state index in [9.17, 15) is 14.4 Å². The molecule has 1 rings (SSSR count). The number of carbonyl (C=O) groups excluding carboxylic acids is 3. The van der Waals surface area contributed by atoms with Gasteiger partial charge in [0.15, 0.2) is 17.5 Å². The van der Waals surface area contributed by atoms with Gasteiger partial charge in [0, 0.05) is 6.42 Å². The molecule has 0 heterocycles. The van der Waals surface area contributed by atoms with Crippen LogP contribution in [-0.2, 0) is 20.7 Å². The van der Waals surface area contributed by atoms with Crippen LogP contribution in [0.5, 0.6) is 11.5 Å². The van der Waals surface area contributed by atoms with Crippen LogP contribution in [0.1, 0.15) is 19.4 Å². The van der Waals surface area contributed by atoms with Gasteiger partial charge in [-0.05, 0) is 31.5 Å². The lowest BCUT2D eigenvalue weighted by molar-refractivity contribution is -0.402. The zero-order valence-electron chi connectivity index (χ0n) is 14.0. The molecule has 0 fully saturated rings. The molecule has 0 aliphatic rings. The normalized spacial score (nSPS) is 10.8. The van der Waals surface area contributed by atoms with Gasteiger partial charge in [-0.15, -0.1) is 0 Å². The molecule has 0 spiro atoms. The molecule has 0 aromatic heterocycles. The molecular weight excluding hydrogens is 356 g/mol. The number of primary amides is 1. The Morgan fingerprint density at radius 1 is 1.04 bits per heavy atom. The number of carbonyl (C=O) groups is 3. The predicted molar refractivity (Wildman–Crippen MR) is 81.3 cm³/mol. The fraction of sp³-hybridized carbons (Fsp3) is 0.400. The Labute approximate surface area is 150 Å². The lowest BCUT2D eigenvalue weighted by Crippen LogP contribution is -3.00. The first-order valence-electron chi connectivity index (χ1n) is 7.31. The van der Waals surface area contributed by atoms with E-state index in [2.05, 4.69) is 10.5 Å². The van der Waals surface area contributed by atoms with Crippen LogP contribution in [0.4, 0.5) is 9.59 Å². The number of nitrogens with two attached hydrogens (primary N) is 1. The lowest BCUT2D eigenvalue weighted by atomic mass is 10.1. The van der Waals surface area contributed by atoms with Gasteiger partial charge in [0.2, 0.25) is 0 Å². The third-order valence-corrected chi connectivity index (χ3v) is 2.80. The van der Waals surface area contributed by atoms with E-state index in [1.807, 2.05) is 0 Å². The van der Waals surface area contributed by atoms with Crippen LogP contribution in [0, 0.1) is 0 Å². The van der Waals surface area contributed by atoms with Crippen LogP contribution >= 0.6 is 0 Å². The summed E-state index contributed by atoms with van der Waals surface area (Å²) < 4.78 is 19.4. The fourth-order valence-corrected chi connectivity index (χ4v) is 1.70. The summed E-state index contributed by atoms with van der Waals surface area (Å²) in [5.74, 6) is -0.629. The monoisotopic (exact) mass is 376 g/mol. The molecule has 9 nitrogen and oxygen atoms in total. The average molecular weight is 377 g/mol. The zero-order chi connectivity index (χ0) is 18.1. The van der Waals surface area contributed by atoms with Gasteiger partial charge in [0.25, 0.3) is 5.91 Å². The summed E-state index contributed by atoms with van der Waals surface area (Å²) in [5.41, 5.74) is 9.43. The maximum absolute atomic E-state index is 11.5. The molecule has 0 saturated heterocycles. The van der Waals surface area contributed by atoms with Crippen molar-refractivity contribution >= 4 is 18.2 Å². The predicted octanol–water partition coefficient (Wildman–Crippen LogP) is -2.60. The molecule has 1 atom stereocenters. The van der Waals surface area contributed by atoms with Crippen molar-refractivity contribution in [2.75, 3.05) is 13.2 Å². The number of amides is 1. The van der Waals surface area contributed by atoms with E-state index in [-0.39, 0.29) is 43.5 Å². The molecule has 1 aromatic carbocycles. The molecule has 0 radical (unpaired) electrons. The Balaban J connectivity index is 0.00000576. The van der Waals surface area contributed by atoms with Crippen LogP contribution in [0.25, 0.3) is 0 Å². The van der Waals surface area contributed by atoms with Gasteiger partial charge >= 0.3 is 12.3 Å². The maximum Gasteiger partial charge on any atom is 0.513 e. The molecule has 1 aromatic rings. The van der Waals surface area contributed by atoms with Crippen molar-refractivity contribution < 1.29 is 51.5 Å². The fourth-order valence-electron chi connectivity index (χ4n) is 1.70. The smallest absolute Gasteiger partial charge is 0.513 e. The Hall–Kier alpha value is -2.52. The van der Waals surface area contributed by atoms with Gasteiger partial charge in [-0.25, -0.2) is 9.59 Å². The first-order valence-corrected chi connectivity index (χ1v) is 7.31. The summed E-state index contributed by atoms with van der Waals surface area (Å²) in [5, 5.41) is 0. The zero-order valence-corrected chi connectivity index (χ0v) is 14.7. The summed E-state index contributed by atoms with van der Waals surface area (Å²) >= 11 is 0. The molecule has 0 aliphatic carbocycles. The summed E-state index contributed by atoms with van der Waals surface area (Å²) in [4.78, 5) is 34.1. The van der Waals surface area contributed by atoms with Crippen molar-refractivity contribution in [2.24, 2.45) is 5.73 Å². The van der Waals surface area contributed by atoms with Crippen LogP contribution in [-0.4, -0.2) is 37.5 Å². The maximum atomic E-state index is 11.5. The van der Waals surface area contributed by atoms with Crippen LogP contribution in [0.3, 0.4) is 0 Å². The van der Waals surface area contributed by atoms with Crippen LogP contribution in [0.15, 0.2) is 18.2 Å². The molecule has 10 heteroatoms. The number of hydrogen-bond donors (Lipinski definition) is 2. The third-order valence-electron chi connectivity index (χ3n) is 2.80. The Bertz CT molecular complexity index is 610. The highest BCUT2D eigenvalue weighted by Crippen LogP contribution is 2.29. The van der Waals surface area contributed by atoms with Crippen molar-refractivity contribution in [3.63, 3.8) is 0 Å². The van der Waals surface area contributed by atoms with E-state index in [4.69, 9.17) is 19.9 Å². The average Bonchev–Trinajstić information content (AvgIpc) is 2.50. The highest BCUT2D eigenvalue weighted by molar-refractivity contribution is 5.78. The molecular formula is C15H21ClN2O7. The van der Waals surface area contributed by atoms with E-state index >= 15 is 0 Å². The summed E-state index contributed by atoms with van der Waals surface area (Å²) in [6.45, 7) is 3.49. The largest absolute Gasteiger partial charge is 1.00 e. The summed E-state index contributed by atoms with van der Waals surface area (Å²) in [7, 11) is 0. The van der Waals surface area contributed by atoms with Gasteiger partial charge in [-0.3, -0.25) is 4.79 Å². The molecule has 25 heavy (non-hydrogen) atoms. The molecule has 0 unspecified atom stereocenters. The van der Waals surface area contributed by atoms with Crippen LogP contribution < -0.4 is 33.3 Å². The molecule has 0 saturated carbocycles. The Kier molecular flexibility index (Phi) is 9.99. The SMILES string of the molecule is CCOC(=O)Oc1ccc(C[C@H]([NH3+])C(N)=O)cc1OC(=O)OCC.[Cl-]. The van der Waals surface area contributed by atoms with E-state index < -0.39 is 24.3 Å². The van der Waals surface area contributed by atoms with Crippen molar-refractivity contribution in [2.45, 2.75) is 26.3 Å². The third kappa shape index (κ3) is 7.73. The standard InChI is InChI=1S/C15H20N2O7.ClH/c1-3-21-14(19)23-11-6-5-9(7-10(16)13(17)18)8-12(11)24-15(20)22-4-2;/h5-6,8,10H,3-4,7,16H2,1-2H3,(H2,17,18);1H/t10-;/m0./s1. The van der Waals surface area contributed by atoms with E-state index in [1.165, 1.54) is 12.1 Å². The lowest BCUT2D eigenvalue weighted by Gasteiger charge is -2.12. The first kappa shape index (κ1) is 22.5. The van der Waals surface area contributed by atoms with Gasteiger partial charge in [-0.1, -0.05) is 6.07 Å². The van der Waals surface area contributed by atoms with E-state index in [0.717, 1.165) is 0 Å². The molecule has 0 bridgehead atoms. The number of quaternary nitrogens is 1. The second-order valence-corrected chi connectivity index (χ2v) is 4.65. The van der Waals surface area contributed by atoms with Gasteiger partial charge in [-0.2, -0.15) is 0 Å². The van der Waals surface area contributed by atoms with Gasteiger partial charge in [0.05, 0.1) is 13.2 Å². The van der Waals surface area contributed by atoms with Gasteiger partial charge < -0.3 is 42.8 Å². The number of halogens is 1. The minimum atomic E-state index is -0.954. The second-order valence-electron chi connectivity index (χ2n) is 4.65. The minimum absolute atomic E-state index is 0. The number of ether oxygens (including phenoxy) is 4. The van der Waals surface area contributed by atoms with Crippen molar-refractivity contribution in [3.05, 3.63) is 23.8 Å². The van der Waals surface area contributed by atoms with Crippen molar-refractivity contribution in [3.8, 4) is 11.5 Å². The molecule has 140 valence electrons. The quantitative estimate of drug-likeness (QED) is 0.392. The van der Waals surface area contributed by atoms with E-state index in [0.29, 0.717) is 5.56 Å². The highest BCUT2D eigenvalue weighted by atomic mass is 35.5. The minimum Gasteiger partial charge on any atom is -1.00 e. The highest BCUT2D eigenvalue weighted by Gasteiger charge is 2.19. The topological polar surface area (TPSA) is 142 Å². The second kappa shape index (κ2) is 11.1. The Morgan fingerprint density at radius 2 is 1.56 bits per heavy atom. The number of rotatable bonds is 7. The molecule has 1 amide bonds. The van der Waals surface area contributed by atoms with E-state index in [1.54, 1.807) is 19.9 Å². The van der Waals surface area contributed by atoms with Crippen molar-refractivity contribution in [1.29, 1.82) is 0 Å². The van der Waals surface area contributed by atoms with Crippen molar-refractivity contribution in [1.82, 2.24) is 0 Å².